The monoisotopic (exact) mass is 304 g/mol. The fourth-order valence-corrected chi connectivity index (χ4v) is 3.31. The summed E-state index contributed by atoms with van der Waals surface area (Å²) in [4.78, 5) is 0. The molecule has 4 rings (SSSR count). The van der Waals surface area contributed by atoms with Gasteiger partial charge in [-0.2, -0.15) is 0 Å². The summed E-state index contributed by atoms with van der Waals surface area (Å²) in [7, 11) is 0. The van der Waals surface area contributed by atoms with Gasteiger partial charge in [-0.05, 0) is 34.4 Å². The van der Waals surface area contributed by atoms with E-state index in [4.69, 9.17) is 0 Å². The molecule has 0 unspecified atom stereocenters. The lowest BCUT2D eigenvalue weighted by molar-refractivity contribution is 1.16. The van der Waals surface area contributed by atoms with Crippen LogP contribution in [0.1, 0.15) is 0 Å². The molecule has 0 atom stereocenters. The van der Waals surface area contributed by atoms with Gasteiger partial charge in [-0.15, -0.1) is 27.8 Å². The highest BCUT2D eigenvalue weighted by molar-refractivity contribution is 7.25. The molecule has 96 valence electrons. The number of fused-ring (bicyclic) bond motifs is 1. The first kappa shape index (κ1) is 13.9. The smallest absolute Gasteiger partial charge is 0.0620 e. The van der Waals surface area contributed by atoms with E-state index >= 15 is 0 Å². The van der Waals surface area contributed by atoms with Crippen molar-refractivity contribution in [2.75, 3.05) is 0 Å². The summed E-state index contributed by atoms with van der Waals surface area (Å²) < 4.78 is 6.34. The number of hydrogen-bond acceptors (Lipinski definition) is 5. The zero-order chi connectivity index (χ0) is 13.2. The first-order valence-corrected chi connectivity index (χ1v) is 8.18. The molecule has 3 heterocycles. The Bertz CT molecular complexity index is 546. The molecule has 0 bridgehead atoms. The molecule has 0 saturated heterocycles. The summed E-state index contributed by atoms with van der Waals surface area (Å²) in [6.45, 7) is 0. The van der Waals surface area contributed by atoms with Crippen molar-refractivity contribution in [3.05, 3.63) is 70.9 Å². The Hall–Kier alpha value is -1.56. The van der Waals surface area contributed by atoms with Crippen LogP contribution in [0.25, 0.3) is 9.40 Å². The minimum absolute atomic E-state index is 1.35. The highest BCUT2D eigenvalue weighted by Gasteiger charge is 1.90. The van der Waals surface area contributed by atoms with E-state index in [2.05, 4.69) is 32.5 Å². The van der Waals surface area contributed by atoms with Crippen molar-refractivity contribution in [3.63, 3.8) is 0 Å². The number of aromatic nitrogens is 2. The molecule has 2 nitrogen and oxygen atoms in total. The standard InChI is InChI=1S/C6H4S2.C6H6.C2H2N2S/c1-3-7-6-2-4-8-5(1)6;1-2-4-6-5-3-1;1-2-5-4-3-1/h1-4H;1-6H;1-2H. The molecular weight excluding hydrogens is 292 g/mol. The lowest BCUT2D eigenvalue weighted by atomic mass is 10.4. The molecule has 5 heteroatoms. The normalized spacial score (nSPS) is 9.05. The minimum atomic E-state index is 1.35. The van der Waals surface area contributed by atoms with Gasteiger partial charge in [0.05, 0.1) is 6.20 Å². The lowest BCUT2D eigenvalue weighted by Crippen LogP contribution is -1.51. The zero-order valence-electron chi connectivity index (χ0n) is 10.0. The number of rotatable bonds is 0. The number of hydrogen-bond donors (Lipinski definition) is 0. The zero-order valence-corrected chi connectivity index (χ0v) is 12.5. The van der Waals surface area contributed by atoms with E-state index in [0.717, 1.165) is 0 Å². The maximum atomic E-state index is 3.51. The summed E-state index contributed by atoms with van der Waals surface area (Å²) in [6.07, 6.45) is 1.66. The van der Waals surface area contributed by atoms with Gasteiger partial charge in [-0.3, -0.25) is 0 Å². The van der Waals surface area contributed by atoms with Gasteiger partial charge in [0.2, 0.25) is 0 Å². The Labute approximate surface area is 124 Å². The van der Waals surface area contributed by atoms with Gasteiger partial charge >= 0.3 is 0 Å². The largest absolute Gasteiger partial charge is 0.147 e. The molecule has 19 heavy (non-hydrogen) atoms. The summed E-state index contributed by atoms with van der Waals surface area (Å²) in [5, 5.41) is 9.56. The fraction of sp³-hybridized carbons (Fsp3) is 0. The second-order valence-electron chi connectivity index (χ2n) is 3.31. The van der Waals surface area contributed by atoms with E-state index in [9.17, 15) is 0 Å². The average Bonchev–Trinajstić information content (AvgIpc) is 3.21. The fourth-order valence-electron chi connectivity index (χ4n) is 1.22. The molecule has 0 N–H and O–H groups in total. The number of benzene rings is 1. The Morgan fingerprint density at radius 2 is 1.21 bits per heavy atom. The van der Waals surface area contributed by atoms with Gasteiger partial charge < -0.3 is 0 Å². The molecule has 0 radical (unpaired) electrons. The van der Waals surface area contributed by atoms with E-state index in [1.807, 2.05) is 41.8 Å². The first-order valence-electron chi connectivity index (χ1n) is 5.58. The number of nitrogens with zero attached hydrogens (tertiary/aromatic N) is 2. The third kappa shape index (κ3) is 5.30. The maximum Gasteiger partial charge on any atom is 0.0620 e. The lowest BCUT2D eigenvalue weighted by Gasteiger charge is -1.69. The van der Waals surface area contributed by atoms with Gasteiger partial charge in [0.15, 0.2) is 0 Å². The molecule has 0 spiro atoms. The predicted molar refractivity (Wildman–Crippen MR) is 86.1 cm³/mol. The van der Waals surface area contributed by atoms with Gasteiger partial charge in [-0.25, -0.2) is 0 Å². The van der Waals surface area contributed by atoms with Crippen molar-refractivity contribution in [2.45, 2.75) is 0 Å². The second-order valence-corrected chi connectivity index (χ2v) is 5.85. The van der Waals surface area contributed by atoms with Gasteiger partial charge in [0.25, 0.3) is 0 Å². The highest BCUT2D eigenvalue weighted by Crippen LogP contribution is 2.25. The van der Waals surface area contributed by atoms with Crippen LogP contribution in [0.4, 0.5) is 0 Å². The Morgan fingerprint density at radius 1 is 0.684 bits per heavy atom. The van der Waals surface area contributed by atoms with Gasteiger partial charge in [-0.1, -0.05) is 40.9 Å². The van der Waals surface area contributed by atoms with E-state index in [-0.39, 0.29) is 0 Å². The number of thiophene rings is 2. The second kappa shape index (κ2) is 8.53. The van der Waals surface area contributed by atoms with Crippen LogP contribution in [-0.2, 0) is 0 Å². The molecule has 0 aliphatic rings. The van der Waals surface area contributed by atoms with Crippen molar-refractivity contribution in [3.8, 4) is 0 Å². The average molecular weight is 304 g/mol. The van der Waals surface area contributed by atoms with Crippen LogP contribution in [0.3, 0.4) is 0 Å². The van der Waals surface area contributed by atoms with Crippen LogP contribution in [-0.4, -0.2) is 9.59 Å². The van der Waals surface area contributed by atoms with Crippen LogP contribution in [0.15, 0.2) is 70.9 Å². The molecule has 0 fully saturated rings. The molecule has 1 aromatic carbocycles. The highest BCUT2D eigenvalue weighted by atomic mass is 32.1. The predicted octanol–water partition coefficient (Wildman–Crippen LogP) is 5.19. The van der Waals surface area contributed by atoms with Crippen LogP contribution in [0, 0.1) is 0 Å². The molecule has 0 aliphatic carbocycles. The summed E-state index contributed by atoms with van der Waals surface area (Å²) in [6, 6.07) is 16.3. The Kier molecular flexibility index (Phi) is 6.22. The van der Waals surface area contributed by atoms with Crippen molar-refractivity contribution >= 4 is 43.6 Å². The SMILES string of the molecule is c1cc2sccc2s1.c1ccccc1.c1csnn1. The van der Waals surface area contributed by atoms with E-state index in [1.165, 1.54) is 20.9 Å². The first-order chi connectivity index (χ1) is 9.47. The third-order valence-electron chi connectivity index (χ3n) is 2.02. The summed E-state index contributed by atoms with van der Waals surface area (Å²) >= 11 is 4.96. The molecule has 0 saturated carbocycles. The van der Waals surface area contributed by atoms with Crippen LogP contribution in [0.2, 0.25) is 0 Å². The van der Waals surface area contributed by atoms with E-state index < -0.39 is 0 Å². The van der Waals surface area contributed by atoms with Crippen LogP contribution < -0.4 is 0 Å². The molecule has 0 aliphatic heterocycles. The third-order valence-corrected chi connectivity index (χ3v) is 4.35. The van der Waals surface area contributed by atoms with E-state index in [1.54, 1.807) is 28.9 Å². The van der Waals surface area contributed by atoms with Crippen molar-refractivity contribution < 1.29 is 0 Å². The van der Waals surface area contributed by atoms with Crippen molar-refractivity contribution in [2.24, 2.45) is 0 Å². The minimum Gasteiger partial charge on any atom is -0.147 e. The molecule has 0 amide bonds. The van der Waals surface area contributed by atoms with Crippen LogP contribution >= 0.6 is 34.2 Å². The van der Waals surface area contributed by atoms with E-state index in [0.29, 0.717) is 0 Å². The summed E-state index contributed by atoms with van der Waals surface area (Å²) in [5.74, 6) is 0. The molecule has 4 aromatic rings. The quantitative estimate of drug-likeness (QED) is 0.447. The molecule has 3 aromatic heterocycles. The molecular formula is C14H12N2S3. The van der Waals surface area contributed by atoms with Gasteiger partial charge in [0.1, 0.15) is 0 Å². The van der Waals surface area contributed by atoms with Crippen molar-refractivity contribution in [1.29, 1.82) is 0 Å². The van der Waals surface area contributed by atoms with Crippen molar-refractivity contribution in [1.82, 2.24) is 9.59 Å². The topological polar surface area (TPSA) is 25.8 Å². The Balaban J connectivity index is 0.000000109. The van der Waals surface area contributed by atoms with Gasteiger partial charge in [0, 0.05) is 14.8 Å². The Morgan fingerprint density at radius 3 is 1.53 bits per heavy atom. The van der Waals surface area contributed by atoms with Crippen LogP contribution in [0.5, 0.6) is 0 Å². The maximum absolute atomic E-state index is 3.51. The summed E-state index contributed by atoms with van der Waals surface area (Å²) in [5.41, 5.74) is 0.